The zero-order valence-electron chi connectivity index (χ0n) is 8.75. The lowest BCUT2D eigenvalue weighted by atomic mass is 10.0. The van der Waals surface area contributed by atoms with Crippen molar-refractivity contribution in [2.45, 2.75) is 32.2 Å². The van der Waals surface area contributed by atoms with Gasteiger partial charge in [-0.3, -0.25) is 0 Å². The summed E-state index contributed by atoms with van der Waals surface area (Å²) in [7, 11) is 1.81. The first kappa shape index (κ1) is 9.47. The predicted octanol–water partition coefficient (Wildman–Crippen LogP) is 1.66. The van der Waals surface area contributed by atoms with Gasteiger partial charge in [0.25, 0.3) is 0 Å². The Kier molecular flexibility index (Phi) is 2.89. The Morgan fingerprint density at radius 1 is 1.38 bits per heavy atom. The molecule has 0 amide bonds. The maximum Gasteiger partial charge on any atom is 0.0618 e. The molecule has 0 bridgehead atoms. The fraction of sp³-hybridized carbons (Fsp3) is 1.00. The van der Waals surface area contributed by atoms with E-state index in [-0.39, 0.29) is 0 Å². The number of fused-ring (bicyclic) bond motifs is 1. The molecule has 2 nitrogen and oxygen atoms in total. The molecule has 2 rings (SSSR count). The third-order valence-corrected chi connectivity index (χ3v) is 3.75. The first-order chi connectivity index (χ1) is 6.38. The molecule has 76 valence electrons. The minimum atomic E-state index is 0.630. The Labute approximate surface area is 81.0 Å². The summed E-state index contributed by atoms with van der Waals surface area (Å²) in [4.78, 5) is 0. The Balaban J connectivity index is 1.83. The van der Waals surface area contributed by atoms with Gasteiger partial charge in [-0.05, 0) is 37.1 Å². The Morgan fingerprint density at radius 3 is 2.62 bits per heavy atom. The quantitative estimate of drug-likeness (QED) is 0.700. The maximum atomic E-state index is 5.26. The highest BCUT2D eigenvalue weighted by molar-refractivity contribution is 5.06. The van der Waals surface area contributed by atoms with E-state index in [9.17, 15) is 0 Å². The van der Waals surface area contributed by atoms with Crippen molar-refractivity contribution in [3.63, 3.8) is 0 Å². The Morgan fingerprint density at radius 2 is 2.08 bits per heavy atom. The molecule has 2 saturated carbocycles. The first-order valence-corrected chi connectivity index (χ1v) is 5.60. The van der Waals surface area contributed by atoms with Crippen LogP contribution in [-0.2, 0) is 4.74 Å². The molecule has 2 aliphatic rings. The molecule has 0 aliphatic heterocycles. The van der Waals surface area contributed by atoms with Gasteiger partial charge in [0.05, 0.1) is 6.61 Å². The normalized spacial score (nSPS) is 38.8. The highest BCUT2D eigenvalue weighted by Gasteiger charge is 2.55. The van der Waals surface area contributed by atoms with E-state index >= 15 is 0 Å². The summed E-state index contributed by atoms with van der Waals surface area (Å²) in [6.45, 7) is 4.15. The molecular formula is C11H21NO. The molecule has 2 heteroatoms. The molecule has 2 fully saturated rings. The van der Waals surface area contributed by atoms with E-state index < -0.39 is 0 Å². The van der Waals surface area contributed by atoms with Gasteiger partial charge in [-0.2, -0.15) is 0 Å². The maximum absolute atomic E-state index is 5.26. The van der Waals surface area contributed by atoms with E-state index in [1.165, 1.54) is 19.3 Å². The zero-order valence-corrected chi connectivity index (χ0v) is 8.75. The van der Waals surface area contributed by atoms with Crippen LogP contribution in [0.15, 0.2) is 0 Å². The summed E-state index contributed by atoms with van der Waals surface area (Å²) in [5.74, 6) is 3.02. The molecule has 2 aliphatic carbocycles. The molecule has 3 atom stereocenters. The predicted molar refractivity (Wildman–Crippen MR) is 53.7 cm³/mol. The van der Waals surface area contributed by atoms with Gasteiger partial charge in [0.2, 0.25) is 0 Å². The standard InChI is InChI=1S/C11H21NO/c1-3-12-10(7-13-2)11-8-5-4-6-9(8)11/h8-12H,3-7H2,1-2H3. The van der Waals surface area contributed by atoms with E-state index in [1.807, 2.05) is 7.11 Å². The number of likely N-dealkylation sites (N-methyl/N-ethyl adjacent to an activating group) is 1. The van der Waals surface area contributed by atoms with Crippen LogP contribution in [0, 0.1) is 17.8 Å². The molecule has 0 aromatic heterocycles. The van der Waals surface area contributed by atoms with Crippen LogP contribution < -0.4 is 5.32 Å². The van der Waals surface area contributed by atoms with Crippen molar-refractivity contribution in [3.05, 3.63) is 0 Å². The zero-order chi connectivity index (χ0) is 9.26. The number of rotatable bonds is 5. The van der Waals surface area contributed by atoms with Crippen LogP contribution in [0.25, 0.3) is 0 Å². The second-order valence-electron chi connectivity index (χ2n) is 4.46. The molecule has 0 radical (unpaired) electrons. The summed E-state index contributed by atoms with van der Waals surface area (Å²) in [6.07, 6.45) is 4.42. The Hall–Kier alpha value is -0.0800. The SMILES string of the molecule is CCNC(COC)C1C2CCCC21. The summed E-state index contributed by atoms with van der Waals surface area (Å²) >= 11 is 0. The lowest BCUT2D eigenvalue weighted by molar-refractivity contribution is 0.152. The van der Waals surface area contributed by atoms with Crippen LogP contribution in [0.5, 0.6) is 0 Å². The van der Waals surface area contributed by atoms with Gasteiger partial charge in [0.1, 0.15) is 0 Å². The largest absolute Gasteiger partial charge is 0.383 e. The summed E-state index contributed by atoms with van der Waals surface area (Å²) in [5.41, 5.74) is 0. The summed E-state index contributed by atoms with van der Waals surface area (Å²) in [5, 5.41) is 3.55. The van der Waals surface area contributed by atoms with Crippen LogP contribution in [0.2, 0.25) is 0 Å². The molecule has 0 aromatic rings. The van der Waals surface area contributed by atoms with Crippen LogP contribution >= 0.6 is 0 Å². The van der Waals surface area contributed by atoms with Crippen molar-refractivity contribution in [2.24, 2.45) is 17.8 Å². The van der Waals surface area contributed by atoms with Crippen molar-refractivity contribution in [3.8, 4) is 0 Å². The third-order valence-electron chi connectivity index (χ3n) is 3.75. The molecule has 0 aromatic carbocycles. The van der Waals surface area contributed by atoms with E-state index in [0.717, 1.165) is 30.9 Å². The van der Waals surface area contributed by atoms with Crippen LogP contribution in [0.4, 0.5) is 0 Å². The summed E-state index contributed by atoms with van der Waals surface area (Å²) in [6, 6.07) is 0.630. The topological polar surface area (TPSA) is 21.3 Å². The number of nitrogens with one attached hydrogen (secondary N) is 1. The second-order valence-corrected chi connectivity index (χ2v) is 4.46. The van der Waals surface area contributed by atoms with Gasteiger partial charge < -0.3 is 10.1 Å². The fourth-order valence-electron chi connectivity index (χ4n) is 3.22. The van der Waals surface area contributed by atoms with Crippen molar-refractivity contribution >= 4 is 0 Å². The molecule has 13 heavy (non-hydrogen) atoms. The number of methoxy groups -OCH3 is 1. The fourth-order valence-corrected chi connectivity index (χ4v) is 3.22. The highest BCUT2D eigenvalue weighted by Crippen LogP contribution is 2.58. The molecular weight excluding hydrogens is 162 g/mol. The monoisotopic (exact) mass is 183 g/mol. The number of hydrogen-bond acceptors (Lipinski definition) is 2. The van der Waals surface area contributed by atoms with Crippen molar-refractivity contribution in [2.75, 3.05) is 20.3 Å². The van der Waals surface area contributed by atoms with Gasteiger partial charge in [0.15, 0.2) is 0 Å². The second kappa shape index (κ2) is 3.97. The van der Waals surface area contributed by atoms with E-state index in [2.05, 4.69) is 12.2 Å². The average Bonchev–Trinajstić information content (AvgIpc) is 2.58. The van der Waals surface area contributed by atoms with Gasteiger partial charge in [-0.15, -0.1) is 0 Å². The number of ether oxygens (including phenoxy) is 1. The van der Waals surface area contributed by atoms with Crippen molar-refractivity contribution < 1.29 is 4.74 Å². The van der Waals surface area contributed by atoms with Crippen molar-refractivity contribution in [1.29, 1.82) is 0 Å². The van der Waals surface area contributed by atoms with Gasteiger partial charge in [-0.25, -0.2) is 0 Å². The summed E-state index contributed by atoms with van der Waals surface area (Å²) < 4.78 is 5.26. The van der Waals surface area contributed by atoms with Gasteiger partial charge in [-0.1, -0.05) is 13.3 Å². The minimum absolute atomic E-state index is 0.630. The van der Waals surface area contributed by atoms with Gasteiger partial charge in [0, 0.05) is 13.2 Å². The lowest BCUT2D eigenvalue weighted by Gasteiger charge is -2.18. The molecule has 0 spiro atoms. The average molecular weight is 183 g/mol. The first-order valence-electron chi connectivity index (χ1n) is 5.60. The molecule has 3 unspecified atom stereocenters. The molecule has 1 N–H and O–H groups in total. The highest BCUT2D eigenvalue weighted by atomic mass is 16.5. The number of hydrogen-bond donors (Lipinski definition) is 1. The smallest absolute Gasteiger partial charge is 0.0618 e. The van der Waals surface area contributed by atoms with E-state index in [0.29, 0.717) is 6.04 Å². The van der Waals surface area contributed by atoms with Crippen LogP contribution in [-0.4, -0.2) is 26.3 Å². The lowest BCUT2D eigenvalue weighted by Crippen LogP contribution is -2.36. The minimum Gasteiger partial charge on any atom is -0.383 e. The van der Waals surface area contributed by atoms with Crippen molar-refractivity contribution in [1.82, 2.24) is 5.32 Å². The van der Waals surface area contributed by atoms with Gasteiger partial charge >= 0.3 is 0 Å². The van der Waals surface area contributed by atoms with Crippen LogP contribution in [0.3, 0.4) is 0 Å². The Bertz CT molecular complexity index is 155. The molecule has 0 saturated heterocycles. The third kappa shape index (κ3) is 1.75. The van der Waals surface area contributed by atoms with E-state index in [1.54, 1.807) is 0 Å². The molecule has 0 heterocycles. The van der Waals surface area contributed by atoms with E-state index in [4.69, 9.17) is 4.74 Å². The van der Waals surface area contributed by atoms with Crippen LogP contribution in [0.1, 0.15) is 26.2 Å².